The molecule has 1 saturated heterocycles. The van der Waals surface area contributed by atoms with E-state index in [1.807, 2.05) is 12.1 Å². The number of nitrogens with zero attached hydrogens (tertiary/aromatic N) is 1. The second kappa shape index (κ2) is 12.6. The van der Waals surface area contributed by atoms with Crippen molar-refractivity contribution in [2.45, 2.75) is 45.1 Å². The summed E-state index contributed by atoms with van der Waals surface area (Å²) in [5.74, 6) is 1.09. The van der Waals surface area contributed by atoms with Crippen LogP contribution in [0.5, 0.6) is 5.75 Å². The van der Waals surface area contributed by atoms with Crippen molar-refractivity contribution in [1.29, 1.82) is 0 Å². The van der Waals surface area contributed by atoms with Gasteiger partial charge in [-0.3, -0.25) is 9.69 Å². The summed E-state index contributed by atoms with van der Waals surface area (Å²) in [7, 11) is 0. The van der Waals surface area contributed by atoms with E-state index in [0.717, 1.165) is 51.7 Å². The molecule has 2 aromatic carbocycles. The first-order chi connectivity index (χ1) is 15.9. The van der Waals surface area contributed by atoms with Gasteiger partial charge in [-0.1, -0.05) is 37.1 Å². The number of ether oxygens (including phenoxy) is 2. The summed E-state index contributed by atoms with van der Waals surface area (Å²) in [6.07, 6.45) is 4.10. The second-order valence-electron chi connectivity index (χ2n) is 8.62. The highest BCUT2D eigenvalue weighted by molar-refractivity contribution is 6.30. The normalized spacial score (nSPS) is 15.7. The number of ketones is 1. The summed E-state index contributed by atoms with van der Waals surface area (Å²) in [4.78, 5) is 26.3. The van der Waals surface area contributed by atoms with Crippen molar-refractivity contribution in [1.82, 2.24) is 4.90 Å². The Morgan fingerprint density at radius 2 is 1.85 bits per heavy atom. The number of hydrogen-bond donors (Lipinski definition) is 1. The first kappa shape index (κ1) is 25.1. The third-order valence-corrected chi connectivity index (χ3v) is 6.27. The van der Waals surface area contributed by atoms with E-state index >= 15 is 0 Å². The van der Waals surface area contributed by atoms with Crippen LogP contribution in [0.3, 0.4) is 0 Å². The minimum absolute atomic E-state index is 0.0544. The van der Waals surface area contributed by atoms with E-state index in [-0.39, 0.29) is 11.9 Å². The molecule has 0 radical (unpaired) electrons. The van der Waals surface area contributed by atoms with Gasteiger partial charge in [0, 0.05) is 22.7 Å². The molecule has 1 amide bonds. The lowest BCUT2D eigenvalue weighted by Gasteiger charge is -2.33. The molecule has 7 heteroatoms. The maximum atomic E-state index is 12.7. The Labute approximate surface area is 201 Å². The number of amides is 1. The van der Waals surface area contributed by atoms with Crippen molar-refractivity contribution in [3.05, 3.63) is 64.7 Å². The van der Waals surface area contributed by atoms with Crippen molar-refractivity contribution in [3.8, 4) is 5.75 Å². The summed E-state index contributed by atoms with van der Waals surface area (Å²) in [6.45, 7) is 5.34. The van der Waals surface area contributed by atoms with E-state index in [4.69, 9.17) is 26.8 Å². The number of carbonyl (C=O) groups is 2. The van der Waals surface area contributed by atoms with Crippen LogP contribution in [0, 0.1) is 5.92 Å². The van der Waals surface area contributed by atoms with Crippen LogP contribution >= 0.6 is 11.6 Å². The highest BCUT2D eigenvalue weighted by Crippen LogP contribution is 2.22. The standard InChI is InChI=1S/C26H33ClN2O4/c1-2-3-6-24(33-26(28)31)17-29-14-12-19(13-15-29)18-32-23-7-4-5-21(16-23)25(30)20-8-10-22(27)11-9-20/h4-5,7-11,16,19,24H,2-3,6,12-15,17-18H2,1H3,(H2,28,31)/t24-/m0/s1. The molecule has 2 aromatic rings. The first-order valence-corrected chi connectivity index (χ1v) is 12.0. The van der Waals surface area contributed by atoms with Crippen LogP contribution in [0.4, 0.5) is 4.79 Å². The molecule has 1 fully saturated rings. The lowest BCUT2D eigenvalue weighted by atomic mass is 9.97. The molecule has 0 aliphatic carbocycles. The van der Waals surface area contributed by atoms with Gasteiger partial charge in [-0.15, -0.1) is 0 Å². The largest absolute Gasteiger partial charge is 0.493 e. The van der Waals surface area contributed by atoms with Gasteiger partial charge in [0.15, 0.2) is 5.78 Å². The minimum Gasteiger partial charge on any atom is -0.493 e. The second-order valence-corrected chi connectivity index (χ2v) is 9.06. The Kier molecular flexibility index (Phi) is 9.58. The molecule has 1 atom stereocenters. The van der Waals surface area contributed by atoms with Crippen molar-refractivity contribution < 1.29 is 19.1 Å². The zero-order valence-corrected chi connectivity index (χ0v) is 19.9. The van der Waals surface area contributed by atoms with E-state index < -0.39 is 6.09 Å². The Balaban J connectivity index is 1.47. The molecule has 0 spiro atoms. The molecule has 1 heterocycles. The minimum atomic E-state index is -0.698. The summed E-state index contributed by atoms with van der Waals surface area (Å²) in [5.41, 5.74) is 6.43. The van der Waals surface area contributed by atoms with Crippen LogP contribution in [0.15, 0.2) is 48.5 Å². The molecule has 33 heavy (non-hydrogen) atoms. The molecule has 0 bridgehead atoms. The fourth-order valence-corrected chi connectivity index (χ4v) is 4.24. The Morgan fingerprint density at radius 1 is 1.12 bits per heavy atom. The maximum absolute atomic E-state index is 12.7. The Bertz CT molecular complexity index is 911. The maximum Gasteiger partial charge on any atom is 0.404 e. The van der Waals surface area contributed by atoms with Gasteiger partial charge < -0.3 is 15.2 Å². The molecule has 0 saturated carbocycles. The average molecular weight is 473 g/mol. The van der Waals surface area contributed by atoms with Gasteiger partial charge in [-0.25, -0.2) is 4.79 Å². The van der Waals surface area contributed by atoms with E-state index in [2.05, 4.69) is 11.8 Å². The molecule has 0 aromatic heterocycles. The number of likely N-dealkylation sites (tertiary alicyclic amines) is 1. The van der Waals surface area contributed by atoms with Crippen LogP contribution in [-0.2, 0) is 4.74 Å². The van der Waals surface area contributed by atoms with E-state index in [1.165, 1.54) is 0 Å². The summed E-state index contributed by atoms with van der Waals surface area (Å²) < 4.78 is 11.3. The predicted molar refractivity (Wildman–Crippen MR) is 130 cm³/mol. The third kappa shape index (κ3) is 8.06. The number of rotatable bonds is 11. The number of piperidine rings is 1. The van der Waals surface area contributed by atoms with Gasteiger partial charge in [0.25, 0.3) is 0 Å². The number of carbonyl (C=O) groups excluding carboxylic acids is 2. The van der Waals surface area contributed by atoms with Crippen LogP contribution < -0.4 is 10.5 Å². The zero-order chi connectivity index (χ0) is 23.6. The van der Waals surface area contributed by atoms with Crippen LogP contribution in [0.2, 0.25) is 5.02 Å². The summed E-state index contributed by atoms with van der Waals surface area (Å²) in [5, 5.41) is 0.603. The third-order valence-electron chi connectivity index (χ3n) is 6.02. The van der Waals surface area contributed by atoms with E-state index in [0.29, 0.717) is 34.4 Å². The van der Waals surface area contributed by atoms with Crippen molar-refractivity contribution in [3.63, 3.8) is 0 Å². The van der Waals surface area contributed by atoms with Crippen molar-refractivity contribution >= 4 is 23.5 Å². The lowest BCUT2D eigenvalue weighted by molar-refractivity contribution is 0.0539. The van der Waals surface area contributed by atoms with Gasteiger partial charge in [0.05, 0.1) is 6.61 Å². The SMILES string of the molecule is CCCC[C@@H](CN1CCC(COc2cccc(C(=O)c3ccc(Cl)cc3)c2)CC1)OC(N)=O. The Hall–Kier alpha value is -2.57. The van der Waals surface area contributed by atoms with Gasteiger partial charge in [-0.2, -0.15) is 0 Å². The number of benzene rings is 2. The molecule has 1 aliphatic rings. The molecule has 1 aliphatic heterocycles. The fraction of sp³-hybridized carbons (Fsp3) is 0.462. The van der Waals surface area contributed by atoms with Crippen molar-refractivity contribution in [2.75, 3.05) is 26.2 Å². The molecule has 0 unspecified atom stereocenters. The summed E-state index contributed by atoms with van der Waals surface area (Å²) in [6, 6.07) is 14.2. The first-order valence-electron chi connectivity index (χ1n) is 11.7. The van der Waals surface area contributed by atoms with E-state index in [9.17, 15) is 9.59 Å². The molecule has 2 N–H and O–H groups in total. The van der Waals surface area contributed by atoms with Gasteiger partial charge in [-0.05, 0) is 81.1 Å². The van der Waals surface area contributed by atoms with Crippen molar-refractivity contribution in [2.24, 2.45) is 11.7 Å². The average Bonchev–Trinajstić information content (AvgIpc) is 2.82. The zero-order valence-electron chi connectivity index (χ0n) is 19.2. The van der Waals surface area contributed by atoms with Gasteiger partial charge >= 0.3 is 6.09 Å². The lowest BCUT2D eigenvalue weighted by Crippen LogP contribution is -2.41. The number of hydrogen-bond acceptors (Lipinski definition) is 5. The molecule has 6 nitrogen and oxygen atoms in total. The number of halogens is 1. The fourth-order valence-electron chi connectivity index (χ4n) is 4.12. The van der Waals surface area contributed by atoms with Crippen LogP contribution in [-0.4, -0.2) is 49.1 Å². The number of primary amides is 1. The van der Waals surface area contributed by atoms with Gasteiger partial charge in [0.2, 0.25) is 0 Å². The number of unbranched alkanes of at least 4 members (excludes halogenated alkanes) is 1. The smallest absolute Gasteiger partial charge is 0.404 e. The van der Waals surface area contributed by atoms with Crippen LogP contribution in [0.1, 0.15) is 54.9 Å². The monoisotopic (exact) mass is 472 g/mol. The highest BCUT2D eigenvalue weighted by atomic mass is 35.5. The van der Waals surface area contributed by atoms with Crippen LogP contribution in [0.25, 0.3) is 0 Å². The molecule has 178 valence electrons. The molecular weight excluding hydrogens is 440 g/mol. The molecular formula is C26H33ClN2O4. The molecule has 3 rings (SSSR count). The predicted octanol–water partition coefficient (Wildman–Crippen LogP) is 5.32. The summed E-state index contributed by atoms with van der Waals surface area (Å²) >= 11 is 5.92. The topological polar surface area (TPSA) is 81.9 Å². The van der Waals surface area contributed by atoms with E-state index in [1.54, 1.807) is 36.4 Å². The number of nitrogens with two attached hydrogens (primary N) is 1. The highest BCUT2D eigenvalue weighted by Gasteiger charge is 2.23. The quantitative estimate of drug-likeness (QED) is 0.448. The van der Waals surface area contributed by atoms with Gasteiger partial charge in [0.1, 0.15) is 11.9 Å². The Morgan fingerprint density at radius 3 is 2.52 bits per heavy atom.